The summed E-state index contributed by atoms with van der Waals surface area (Å²) in [5.74, 6) is 4.28. The zero-order chi connectivity index (χ0) is 15.8. The van der Waals surface area contributed by atoms with Crippen molar-refractivity contribution in [3.8, 4) is 0 Å². The molecule has 0 spiro atoms. The first kappa shape index (κ1) is 15.3. The van der Waals surface area contributed by atoms with E-state index in [1.165, 1.54) is 19.3 Å². The Balaban J connectivity index is 1.29. The molecule has 1 amide bonds. The van der Waals surface area contributed by atoms with Crippen molar-refractivity contribution in [3.05, 3.63) is 23.7 Å². The maximum Gasteiger partial charge on any atom is 0.223 e. The van der Waals surface area contributed by atoms with Gasteiger partial charge in [0.05, 0.1) is 6.61 Å². The number of furan rings is 1. The second kappa shape index (κ2) is 6.31. The Hall–Kier alpha value is -1.29. The summed E-state index contributed by atoms with van der Waals surface area (Å²) in [7, 11) is 0. The molecule has 0 N–H and O–H groups in total. The van der Waals surface area contributed by atoms with Crippen LogP contribution in [0.4, 0.5) is 0 Å². The quantitative estimate of drug-likeness (QED) is 0.774. The number of carbonyl (C=O) groups is 1. The van der Waals surface area contributed by atoms with Gasteiger partial charge in [-0.05, 0) is 43.7 Å². The maximum absolute atomic E-state index is 12.6. The summed E-state index contributed by atoms with van der Waals surface area (Å²) in [6, 6.07) is 4.64. The second-order valence-corrected chi connectivity index (χ2v) is 7.63. The van der Waals surface area contributed by atoms with Gasteiger partial charge < -0.3 is 14.1 Å². The Bertz CT molecular complexity index is 557. The highest BCUT2D eigenvalue weighted by Crippen LogP contribution is 2.47. The Morgan fingerprint density at radius 2 is 2.13 bits per heavy atom. The summed E-state index contributed by atoms with van der Waals surface area (Å²) < 4.78 is 11.4. The van der Waals surface area contributed by atoms with Gasteiger partial charge >= 0.3 is 0 Å². The van der Waals surface area contributed by atoms with Gasteiger partial charge in [0.2, 0.25) is 5.91 Å². The molecule has 4 nitrogen and oxygen atoms in total. The minimum atomic E-state index is 0.289. The lowest BCUT2D eigenvalue weighted by molar-refractivity contribution is -0.132. The van der Waals surface area contributed by atoms with E-state index in [4.69, 9.17) is 9.15 Å². The zero-order valence-electron chi connectivity index (χ0n) is 14.0. The molecule has 1 aromatic rings. The largest absolute Gasteiger partial charge is 0.466 e. The van der Waals surface area contributed by atoms with Gasteiger partial charge in [0.1, 0.15) is 11.5 Å². The van der Waals surface area contributed by atoms with E-state index in [0.29, 0.717) is 24.3 Å². The molecule has 1 aromatic heterocycles. The third kappa shape index (κ3) is 3.63. The van der Waals surface area contributed by atoms with E-state index in [-0.39, 0.29) is 5.91 Å². The van der Waals surface area contributed by atoms with Crippen molar-refractivity contribution in [2.75, 3.05) is 19.8 Å². The molecule has 0 bridgehead atoms. The zero-order valence-corrected chi connectivity index (χ0v) is 14.0. The topological polar surface area (TPSA) is 42.7 Å². The lowest BCUT2D eigenvalue weighted by atomic mass is 10.1. The first-order chi connectivity index (χ1) is 11.2. The lowest BCUT2D eigenvalue weighted by Crippen LogP contribution is -2.37. The van der Waals surface area contributed by atoms with E-state index in [1.807, 2.05) is 0 Å². The second-order valence-electron chi connectivity index (χ2n) is 7.63. The monoisotopic (exact) mass is 317 g/mol. The van der Waals surface area contributed by atoms with E-state index < -0.39 is 0 Å². The van der Waals surface area contributed by atoms with E-state index >= 15 is 0 Å². The summed E-state index contributed by atoms with van der Waals surface area (Å²) in [4.78, 5) is 14.8. The summed E-state index contributed by atoms with van der Waals surface area (Å²) in [5.41, 5.74) is 0. The molecular formula is C19H27NO3. The summed E-state index contributed by atoms with van der Waals surface area (Å²) in [6.45, 7) is 4.81. The highest BCUT2D eigenvalue weighted by atomic mass is 16.5. The molecule has 1 aliphatic heterocycles. The van der Waals surface area contributed by atoms with Crippen LogP contribution in [0, 0.1) is 11.8 Å². The number of carbonyl (C=O) groups excluding carboxylic acids is 1. The van der Waals surface area contributed by atoms with E-state index in [9.17, 15) is 4.79 Å². The molecule has 4 rings (SSSR count). The molecule has 3 unspecified atom stereocenters. The minimum Gasteiger partial charge on any atom is -0.466 e. The van der Waals surface area contributed by atoms with Crippen LogP contribution >= 0.6 is 0 Å². The highest BCUT2D eigenvalue weighted by Gasteiger charge is 2.37. The molecular weight excluding hydrogens is 290 g/mol. The van der Waals surface area contributed by atoms with Crippen molar-refractivity contribution in [2.24, 2.45) is 11.8 Å². The number of nitrogens with zero attached hydrogens (tertiary/aromatic N) is 1. The third-order valence-corrected chi connectivity index (χ3v) is 5.53. The SMILES string of the molecule is CC1CC1c1ccc(CCC(=O)N(CC2CCOC2)C2CC2)o1. The standard InChI is InChI=1S/C19H27NO3/c1-13-10-17(13)18-6-4-16(23-18)5-7-19(21)20(15-2-3-15)11-14-8-9-22-12-14/h4,6,13-15,17H,2-3,5,7-12H2,1H3. The van der Waals surface area contributed by atoms with Crippen LogP contribution in [0.15, 0.2) is 16.5 Å². The van der Waals surface area contributed by atoms with Crippen LogP contribution in [-0.4, -0.2) is 36.6 Å². The highest BCUT2D eigenvalue weighted by molar-refractivity contribution is 5.77. The molecule has 3 fully saturated rings. The van der Waals surface area contributed by atoms with Crippen molar-refractivity contribution in [2.45, 2.75) is 57.4 Å². The van der Waals surface area contributed by atoms with Gasteiger partial charge in [-0.2, -0.15) is 0 Å². The van der Waals surface area contributed by atoms with Crippen molar-refractivity contribution in [1.82, 2.24) is 4.90 Å². The van der Waals surface area contributed by atoms with Crippen LogP contribution in [0.3, 0.4) is 0 Å². The number of hydrogen-bond donors (Lipinski definition) is 0. The molecule has 2 saturated carbocycles. The molecule has 23 heavy (non-hydrogen) atoms. The van der Waals surface area contributed by atoms with Crippen LogP contribution in [-0.2, 0) is 16.0 Å². The van der Waals surface area contributed by atoms with Gasteiger partial charge in [-0.25, -0.2) is 0 Å². The van der Waals surface area contributed by atoms with Crippen LogP contribution in [0.5, 0.6) is 0 Å². The fourth-order valence-corrected chi connectivity index (χ4v) is 3.67. The van der Waals surface area contributed by atoms with Crippen LogP contribution in [0.1, 0.15) is 56.5 Å². The van der Waals surface area contributed by atoms with Crippen molar-refractivity contribution >= 4 is 5.91 Å². The average Bonchev–Trinajstić information content (AvgIpc) is 3.40. The number of hydrogen-bond acceptors (Lipinski definition) is 3. The maximum atomic E-state index is 12.6. The summed E-state index contributed by atoms with van der Waals surface area (Å²) in [6.07, 6.45) is 5.97. The Kier molecular flexibility index (Phi) is 4.18. The first-order valence-corrected chi connectivity index (χ1v) is 9.16. The Morgan fingerprint density at radius 3 is 2.78 bits per heavy atom. The predicted octanol–water partition coefficient (Wildman–Crippen LogP) is 3.36. The molecule has 3 atom stereocenters. The number of rotatable bonds is 7. The van der Waals surface area contributed by atoms with Crippen LogP contribution < -0.4 is 0 Å². The molecule has 2 aliphatic carbocycles. The first-order valence-electron chi connectivity index (χ1n) is 9.16. The van der Waals surface area contributed by atoms with Gasteiger partial charge in [0.25, 0.3) is 0 Å². The lowest BCUT2D eigenvalue weighted by Gasteiger charge is -2.25. The smallest absolute Gasteiger partial charge is 0.223 e. The summed E-state index contributed by atoms with van der Waals surface area (Å²) >= 11 is 0. The summed E-state index contributed by atoms with van der Waals surface area (Å²) in [5, 5.41) is 0. The molecule has 3 aliphatic rings. The van der Waals surface area contributed by atoms with Crippen molar-refractivity contribution in [3.63, 3.8) is 0 Å². The predicted molar refractivity (Wildman–Crippen MR) is 87.2 cm³/mol. The molecule has 126 valence electrons. The molecule has 2 heterocycles. The molecule has 4 heteroatoms. The van der Waals surface area contributed by atoms with Crippen LogP contribution in [0.2, 0.25) is 0 Å². The number of amides is 1. The van der Waals surface area contributed by atoms with Crippen molar-refractivity contribution < 1.29 is 13.9 Å². The fourth-order valence-electron chi connectivity index (χ4n) is 3.67. The minimum absolute atomic E-state index is 0.289. The Morgan fingerprint density at radius 1 is 1.30 bits per heavy atom. The fraction of sp³-hybridized carbons (Fsp3) is 0.737. The van der Waals surface area contributed by atoms with E-state index in [1.54, 1.807) is 0 Å². The van der Waals surface area contributed by atoms with E-state index in [0.717, 1.165) is 50.0 Å². The van der Waals surface area contributed by atoms with Gasteiger partial charge in [0.15, 0.2) is 0 Å². The average molecular weight is 317 g/mol. The van der Waals surface area contributed by atoms with Gasteiger partial charge in [-0.15, -0.1) is 0 Å². The number of ether oxygens (including phenoxy) is 1. The number of aryl methyl sites for hydroxylation is 1. The molecule has 1 saturated heterocycles. The Labute approximate surface area is 138 Å². The van der Waals surface area contributed by atoms with Gasteiger partial charge in [-0.1, -0.05) is 6.92 Å². The molecule has 0 radical (unpaired) electrons. The van der Waals surface area contributed by atoms with E-state index in [2.05, 4.69) is 24.0 Å². The van der Waals surface area contributed by atoms with Gasteiger partial charge in [-0.3, -0.25) is 4.79 Å². The van der Waals surface area contributed by atoms with Gasteiger partial charge in [0, 0.05) is 43.9 Å². The van der Waals surface area contributed by atoms with Crippen LogP contribution in [0.25, 0.3) is 0 Å². The van der Waals surface area contributed by atoms with Crippen molar-refractivity contribution in [1.29, 1.82) is 0 Å². The third-order valence-electron chi connectivity index (χ3n) is 5.53. The normalized spacial score (nSPS) is 29.7. The molecule has 0 aromatic carbocycles.